The maximum atomic E-state index is 9.98. The maximum absolute atomic E-state index is 9.98. The molecule has 1 aromatic rings. The van der Waals surface area contributed by atoms with Gasteiger partial charge < -0.3 is 20.1 Å². The van der Waals surface area contributed by atoms with Crippen molar-refractivity contribution in [3.63, 3.8) is 0 Å². The molecule has 0 radical (unpaired) electrons. The molecular weight excluding hydrogens is 264 g/mol. The van der Waals surface area contributed by atoms with Gasteiger partial charge in [0.1, 0.15) is 18.5 Å². The summed E-state index contributed by atoms with van der Waals surface area (Å²) >= 11 is 0. The van der Waals surface area contributed by atoms with Gasteiger partial charge in [-0.25, -0.2) is 0 Å². The Morgan fingerprint density at radius 2 is 2.33 bits per heavy atom. The minimum atomic E-state index is -0.470. The molecule has 4 nitrogen and oxygen atoms in total. The summed E-state index contributed by atoms with van der Waals surface area (Å²) in [6, 6.07) is 8.66. The highest BCUT2D eigenvalue weighted by molar-refractivity contribution is 5.28. The molecule has 118 valence electrons. The van der Waals surface area contributed by atoms with E-state index < -0.39 is 6.10 Å². The van der Waals surface area contributed by atoms with Crippen LogP contribution in [-0.4, -0.2) is 55.4 Å². The van der Waals surface area contributed by atoms with Crippen molar-refractivity contribution in [1.82, 2.24) is 10.2 Å². The van der Waals surface area contributed by atoms with Gasteiger partial charge in [0.15, 0.2) is 0 Å². The standard InChI is InChI=1S/C17H28N2O2/c1-3-14-6-4-8-17(10-14)21-13-16(20)12-18-11-15-7-5-9-19(15)2/h4,6,8,10,15-16,18,20H,3,5,7,9,11-13H2,1-2H3. The summed E-state index contributed by atoms with van der Waals surface area (Å²) < 4.78 is 5.65. The molecule has 4 heteroatoms. The normalized spacial score (nSPS) is 20.6. The van der Waals surface area contributed by atoms with E-state index in [9.17, 15) is 5.11 Å². The van der Waals surface area contributed by atoms with Gasteiger partial charge in [-0.15, -0.1) is 0 Å². The zero-order chi connectivity index (χ0) is 15.1. The minimum Gasteiger partial charge on any atom is -0.491 e. The van der Waals surface area contributed by atoms with Crippen molar-refractivity contribution >= 4 is 0 Å². The first-order valence-corrected chi connectivity index (χ1v) is 7.99. The van der Waals surface area contributed by atoms with E-state index >= 15 is 0 Å². The average Bonchev–Trinajstić information content (AvgIpc) is 2.91. The number of aliphatic hydroxyl groups excluding tert-OH is 1. The van der Waals surface area contributed by atoms with Crippen LogP contribution in [0.1, 0.15) is 25.3 Å². The molecule has 0 spiro atoms. The Balaban J connectivity index is 1.63. The molecule has 0 saturated carbocycles. The molecule has 1 aliphatic heterocycles. The first-order chi connectivity index (χ1) is 10.2. The molecule has 0 amide bonds. The maximum Gasteiger partial charge on any atom is 0.119 e. The molecule has 2 unspecified atom stereocenters. The number of likely N-dealkylation sites (tertiary alicyclic amines) is 1. The predicted molar refractivity (Wildman–Crippen MR) is 85.8 cm³/mol. The number of benzene rings is 1. The number of hydrogen-bond donors (Lipinski definition) is 2. The van der Waals surface area contributed by atoms with E-state index in [1.165, 1.54) is 24.9 Å². The van der Waals surface area contributed by atoms with Gasteiger partial charge in [0, 0.05) is 19.1 Å². The lowest BCUT2D eigenvalue weighted by molar-refractivity contribution is 0.105. The fourth-order valence-corrected chi connectivity index (χ4v) is 2.76. The predicted octanol–water partition coefficient (Wildman–Crippen LogP) is 1.67. The second-order valence-electron chi connectivity index (χ2n) is 5.90. The lowest BCUT2D eigenvalue weighted by atomic mass is 10.2. The summed E-state index contributed by atoms with van der Waals surface area (Å²) in [4.78, 5) is 2.38. The Bertz CT molecular complexity index is 425. The number of likely N-dealkylation sites (N-methyl/N-ethyl adjacent to an activating group) is 1. The van der Waals surface area contributed by atoms with Crippen molar-refractivity contribution < 1.29 is 9.84 Å². The molecule has 2 N–H and O–H groups in total. The summed E-state index contributed by atoms with van der Waals surface area (Å²) in [7, 11) is 2.17. The summed E-state index contributed by atoms with van der Waals surface area (Å²) in [5, 5.41) is 13.3. The topological polar surface area (TPSA) is 44.7 Å². The highest BCUT2D eigenvalue weighted by atomic mass is 16.5. The molecule has 1 heterocycles. The molecule has 1 saturated heterocycles. The number of nitrogens with one attached hydrogen (secondary N) is 1. The summed E-state index contributed by atoms with van der Waals surface area (Å²) in [5.41, 5.74) is 1.25. The van der Waals surface area contributed by atoms with Crippen molar-refractivity contribution in [2.45, 2.75) is 38.3 Å². The molecule has 1 aromatic carbocycles. The van der Waals surface area contributed by atoms with E-state index in [0.717, 1.165) is 18.7 Å². The van der Waals surface area contributed by atoms with E-state index in [1.54, 1.807) is 0 Å². The number of nitrogens with zero attached hydrogens (tertiary/aromatic N) is 1. The molecule has 0 aromatic heterocycles. The Labute approximate surface area is 128 Å². The van der Waals surface area contributed by atoms with Crippen LogP contribution in [0, 0.1) is 0 Å². The molecule has 2 rings (SSSR count). The molecule has 0 aliphatic carbocycles. The van der Waals surface area contributed by atoms with Crippen molar-refractivity contribution in [3.05, 3.63) is 29.8 Å². The van der Waals surface area contributed by atoms with Gasteiger partial charge in [0.05, 0.1) is 0 Å². The summed E-state index contributed by atoms with van der Waals surface area (Å²) in [6.07, 6.45) is 3.06. The third-order valence-corrected chi connectivity index (χ3v) is 4.18. The minimum absolute atomic E-state index is 0.334. The Morgan fingerprint density at radius 3 is 3.05 bits per heavy atom. The fourth-order valence-electron chi connectivity index (χ4n) is 2.76. The third kappa shape index (κ3) is 5.30. The van der Waals surface area contributed by atoms with Gasteiger partial charge in [-0.1, -0.05) is 19.1 Å². The third-order valence-electron chi connectivity index (χ3n) is 4.18. The van der Waals surface area contributed by atoms with E-state index in [4.69, 9.17) is 4.74 Å². The van der Waals surface area contributed by atoms with Crippen LogP contribution < -0.4 is 10.1 Å². The van der Waals surface area contributed by atoms with Crippen LogP contribution in [0.4, 0.5) is 0 Å². The first kappa shape index (κ1) is 16.3. The second kappa shape index (κ2) is 8.37. The zero-order valence-corrected chi connectivity index (χ0v) is 13.2. The summed E-state index contributed by atoms with van der Waals surface area (Å²) in [5.74, 6) is 0.837. The SMILES string of the molecule is CCc1cccc(OCC(O)CNCC2CCCN2C)c1. The average molecular weight is 292 g/mol. The molecule has 0 bridgehead atoms. The van der Waals surface area contributed by atoms with E-state index in [2.05, 4.69) is 30.3 Å². The van der Waals surface area contributed by atoms with Gasteiger partial charge >= 0.3 is 0 Å². The van der Waals surface area contributed by atoms with Gasteiger partial charge in [0.2, 0.25) is 0 Å². The van der Waals surface area contributed by atoms with Crippen LogP contribution in [0.2, 0.25) is 0 Å². The van der Waals surface area contributed by atoms with Crippen LogP contribution in [0.3, 0.4) is 0 Å². The van der Waals surface area contributed by atoms with Crippen LogP contribution >= 0.6 is 0 Å². The fraction of sp³-hybridized carbons (Fsp3) is 0.647. The zero-order valence-electron chi connectivity index (χ0n) is 13.2. The van der Waals surface area contributed by atoms with Crippen molar-refractivity contribution in [3.8, 4) is 5.75 Å². The molecule has 2 atom stereocenters. The monoisotopic (exact) mass is 292 g/mol. The van der Waals surface area contributed by atoms with E-state index in [-0.39, 0.29) is 0 Å². The van der Waals surface area contributed by atoms with Gasteiger partial charge in [-0.05, 0) is 50.6 Å². The molecule has 21 heavy (non-hydrogen) atoms. The highest BCUT2D eigenvalue weighted by Crippen LogP contribution is 2.14. The Morgan fingerprint density at radius 1 is 1.48 bits per heavy atom. The number of aliphatic hydroxyl groups is 1. The highest BCUT2D eigenvalue weighted by Gasteiger charge is 2.20. The molecule has 1 aliphatic rings. The van der Waals surface area contributed by atoms with Crippen LogP contribution in [0.15, 0.2) is 24.3 Å². The smallest absolute Gasteiger partial charge is 0.119 e. The number of ether oxygens (including phenoxy) is 1. The number of rotatable bonds is 8. The Kier molecular flexibility index (Phi) is 6.49. The second-order valence-corrected chi connectivity index (χ2v) is 5.90. The number of hydrogen-bond acceptors (Lipinski definition) is 4. The van der Waals surface area contributed by atoms with Crippen LogP contribution in [0.5, 0.6) is 5.75 Å². The number of aryl methyl sites for hydroxylation is 1. The molecule has 1 fully saturated rings. The van der Waals surface area contributed by atoms with E-state index in [0.29, 0.717) is 19.2 Å². The van der Waals surface area contributed by atoms with Crippen molar-refractivity contribution in [2.75, 3.05) is 33.3 Å². The van der Waals surface area contributed by atoms with E-state index in [1.807, 2.05) is 18.2 Å². The van der Waals surface area contributed by atoms with Gasteiger partial charge in [-0.3, -0.25) is 0 Å². The van der Waals surface area contributed by atoms with Crippen molar-refractivity contribution in [1.29, 1.82) is 0 Å². The van der Waals surface area contributed by atoms with Crippen LogP contribution in [-0.2, 0) is 6.42 Å². The quantitative estimate of drug-likeness (QED) is 0.765. The lowest BCUT2D eigenvalue weighted by Crippen LogP contribution is -2.39. The Hall–Kier alpha value is -1.10. The van der Waals surface area contributed by atoms with Gasteiger partial charge in [-0.2, -0.15) is 0 Å². The molecular formula is C17H28N2O2. The lowest BCUT2D eigenvalue weighted by Gasteiger charge is -2.21. The van der Waals surface area contributed by atoms with Gasteiger partial charge in [0.25, 0.3) is 0 Å². The summed E-state index contributed by atoms with van der Waals surface area (Å²) in [6.45, 7) is 5.17. The van der Waals surface area contributed by atoms with Crippen molar-refractivity contribution in [2.24, 2.45) is 0 Å². The van der Waals surface area contributed by atoms with Crippen LogP contribution in [0.25, 0.3) is 0 Å². The first-order valence-electron chi connectivity index (χ1n) is 7.99. The largest absolute Gasteiger partial charge is 0.491 e.